The molecule has 1 aromatic heterocycles. The summed E-state index contributed by atoms with van der Waals surface area (Å²) in [6.07, 6.45) is 5.72. The molecule has 2 aromatic rings. The van der Waals surface area contributed by atoms with Gasteiger partial charge in [-0.15, -0.1) is 0 Å². The number of anilines is 1. The normalized spacial score (nSPS) is 19.1. The van der Waals surface area contributed by atoms with Gasteiger partial charge in [-0.1, -0.05) is 41.4 Å². The maximum absolute atomic E-state index is 6.16. The van der Waals surface area contributed by atoms with Crippen LogP contribution in [0.25, 0.3) is 0 Å². The maximum Gasteiger partial charge on any atom is 0.171 e. The number of aromatic nitrogens is 2. The van der Waals surface area contributed by atoms with E-state index in [0.717, 1.165) is 25.3 Å². The molecule has 1 aliphatic heterocycles. The highest BCUT2D eigenvalue weighted by molar-refractivity contribution is 6.31. The van der Waals surface area contributed by atoms with Crippen molar-refractivity contribution in [1.29, 1.82) is 0 Å². The molecule has 0 unspecified atom stereocenters. The highest BCUT2D eigenvalue weighted by Crippen LogP contribution is 2.31. The van der Waals surface area contributed by atoms with Gasteiger partial charge in [-0.3, -0.25) is 0 Å². The van der Waals surface area contributed by atoms with Gasteiger partial charge in [0.2, 0.25) is 0 Å². The molecule has 0 amide bonds. The third-order valence-corrected chi connectivity index (χ3v) is 4.14. The molecule has 104 valence electrons. The van der Waals surface area contributed by atoms with E-state index in [1.54, 1.807) is 12.4 Å². The molecule has 0 aliphatic carbocycles. The molecule has 1 fully saturated rings. The van der Waals surface area contributed by atoms with Gasteiger partial charge in [0.15, 0.2) is 11.0 Å². The maximum atomic E-state index is 6.16. The van der Waals surface area contributed by atoms with Crippen molar-refractivity contribution < 1.29 is 0 Å². The van der Waals surface area contributed by atoms with E-state index in [0.29, 0.717) is 11.1 Å². The first-order chi connectivity index (χ1) is 9.74. The van der Waals surface area contributed by atoms with E-state index in [9.17, 15) is 0 Å². The number of piperidine rings is 1. The second kappa shape index (κ2) is 5.80. The lowest BCUT2D eigenvalue weighted by Crippen LogP contribution is -2.35. The van der Waals surface area contributed by atoms with Crippen LogP contribution in [0.5, 0.6) is 0 Å². The Kier molecular flexibility index (Phi) is 3.88. The summed E-state index contributed by atoms with van der Waals surface area (Å²) in [6, 6.07) is 8.79. The van der Waals surface area contributed by atoms with Crippen molar-refractivity contribution in [3.05, 3.63) is 52.9 Å². The summed E-state index contributed by atoms with van der Waals surface area (Å²) in [5.74, 6) is 1.35. The molecule has 0 saturated carbocycles. The minimum atomic E-state index is 0.498. The second-order valence-electron chi connectivity index (χ2n) is 5.37. The van der Waals surface area contributed by atoms with E-state index < -0.39 is 0 Å². The van der Waals surface area contributed by atoms with E-state index in [-0.39, 0.29) is 0 Å². The third-order valence-electron chi connectivity index (χ3n) is 3.87. The molecule has 0 radical (unpaired) electrons. The number of nitrogens with zero attached hydrogens (tertiary/aromatic N) is 3. The van der Waals surface area contributed by atoms with Crippen LogP contribution in [0.15, 0.2) is 36.7 Å². The Hall–Kier alpha value is -1.61. The van der Waals surface area contributed by atoms with Crippen LogP contribution in [0.4, 0.5) is 5.82 Å². The van der Waals surface area contributed by atoms with E-state index >= 15 is 0 Å². The van der Waals surface area contributed by atoms with Crippen molar-refractivity contribution in [2.24, 2.45) is 0 Å². The Morgan fingerprint density at radius 2 is 2.10 bits per heavy atom. The van der Waals surface area contributed by atoms with Gasteiger partial charge in [-0.05, 0) is 25.3 Å². The lowest BCUT2D eigenvalue weighted by atomic mass is 9.90. The smallest absolute Gasteiger partial charge is 0.171 e. The van der Waals surface area contributed by atoms with Gasteiger partial charge in [0.25, 0.3) is 0 Å². The number of benzene rings is 1. The zero-order chi connectivity index (χ0) is 13.9. The van der Waals surface area contributed by atoms with Crippen molar-refractivity contribution in [1.82, 2.24) is 9.97 Å². The number of aryl methyl sites for hydroxylation is 1. The lowest BCUT2D eigenvalue weighted by Gasteiger charge is -2.34. The summed E-state index contributed by atoms with van der Waals surface area (Å²) >= 11 is 6.16. The first-order valence-electron chi connectivity index (χ1n) is 7.02. The largest absolute Gasteiger partial charge is 0.353 e. The van der Waals surface area contributed by atoms with Gasteiger partial charge < -0.3 is 4.90 Å². The molecule has 1 aromatic carbocycles. The number of hydrogen-bond donors (Lipinski definition) is 0. The van der Waals surface area contributed by atoms with Crippen molar-refractivity contribution in [2.75, 3.05) is 18.0 Å². The molecule has 3 nitrogen and oxygen atoms in total. The molecule has 3 rings (SSSR count). The molecule has 20 heavy (non-hydrogen) atoms. The van der Waals surface area contributed by atoms with Crippen LogP contribution >= 0.6 is 11.6 Å². The van der Waals surface area contributed by atoms with E-state index in [1.807, 2.05) is 0 Å². The third kappa shape index (κ3) is 2.78. The Morgan fingerprint density at radius 3 is 2.90 bits per heavy atom. The van der Waals surface area contributed by atoms with Crippen molar-refractivity contribution in [3.8, 4) is 0 Å². The van der Waals surface area contributed by atoms with Gasteiger partial charge in [0.05, 0.1) is 0 Å². The predicted molar refractivity (Wildman–Crippen MR) is 82.4 cm³/mol. The topological polar surface area (TPSA) is 29.0 Å². The Bertz CT molecular complexity index is 600. The van der Waals surface area contributed by atoms with Crippen LogP contribution in [-0.4, -0.2) is 23.1 Å². The molecule has 0 bridgehead atoms. The van der Waals surface area contributed by atoms with E-state index in [1.165, 1.54) is 17.5 Å². The first kappa shape index (κ1) is 13.4. The van der Waals surface area contributed by atoms with Crippen molar-refractivity contribution in [2.45, 2.75) is 25.7 Å². The van der Waals surface area contributed by atoms with Gasteiger partial charge in [0.1, 0.15) is 0 Å². The van der Waals surface area contributed by atoms with E-state index in [4.69, 9.17) is 11.6 Å². The Balaban J connectivity index is 1.82. The fourth-order valence-electron chi connectivity index (χ4n) is 2.89. The fraction of sp³-hybridized carbons (Fsp3) is 0.375. The van der Waals surface area contributed by atoms with Crippen LogP contribution in [0.2, 0.25) is 5.15 Å². The quantitative estimate of drug-likeness (QED) is 0.841. The fourth-order valence-corrected chi connectivity index (χ4v) is 3.12. The SMILES string of the molecule is Cc1cccc([C@@H]2CCCN(c3nccnc3Cl)C2)c1. The number of halogens is 1. The van der Waals surface area contributed by atoms with Crippen LogP contribution in [0, 0.1) is 6.92 Å². The minimum absolute atomic E-state index is 0.498. The molecular weight excluding hydrogens is 270 g/mol. The highest BCUT2D eigenvalue weighted by atomic mass is 35.5. The molecule has 1 atom stereocenters. The Morgan fingerprint density at radius 1 is 1.25 bits per heavy atom. The molecule has 1 aliphatic rings. The first-order valence-corrected chi connectivity index (χ1v) is 7.40. The molecule has 4 heteroatoms. The zero-order valence-corrected chi connectivity index (χ0v) is 12.3. The summed E-state index contributed by atoms with van der Waals surface area (Å²) in [5.41, 5.74) is 2.73. The monoisotopic (exact) mass is 287 g/mol. The van der Waals surface area contributed by atoms with Gasteiger partial charge in [-0.25, -0.2) is 9.97 Å². The standard InChI is InChI=1S/C16H18ClN3/c1-12-4-2-5-13(10-12)14-6-3-9-20(11-14)16-15(17)18-7-8-19-16/h2,4-5,7-8,10,14H,3,6,9,11H2,1H3/t14-/m1/s1. The average molecular weight is 288 g/mol. The van der Waals surface area contributed by atoms with Crippen LogP contribution < -0.4 is 4.90 Å². The summed E-state index contributed by atoms with van der Waals surface area (Å²) in [4.78, 5) is 10.8. The summed E-state index contributed by atoms with van der Waals surface area (Å²) in [7, 11) is 0. The summed E-state index contributed by atoms with van der Waals surface area (Å²) in [5, 5.41) is 0.498. The molecule has 2 heterocycles. The van der Waals surface area contributed by atoms with E-state index in [2.05, 4.69) is 46.1 Å². The molecule has 0 N–H and O–H groups in total. The summed E-state index contributed by atoms with van der Waals surface area (Å²) < 4.78 is 0. The Labute approximate surface area is 124 Å². The van der Waals surface area contributed by atoms with Crippen LogP contribution in [0.1, 0.15) is 29.9 Å². The van der Waals surface area contributed by atoms with Crippen LogP contribution in [-0.2, 0) is 0 Å². The van der Waals surface area contributed by atoms with Gasteiger partial charge in [-0.2, -0.15) is 0 Å². The lowest BCUT2D eigenvalue weighted by molar-refractivity contribution is 0.506. The average Bonchev–Trinajstić information content (AvgIpc) is 2.48. The number of hydrogen-bond acceptors (Lipinski definition) is 3. The molecular formula is C16H18ClN3. The molecule has 0 spiro atoms. The highest BCUT2D eigenvalue weighted by Gasteiger charge is 2.23. The predicted octanol–water partition coefficient (Wildman–Crippen LogP) is 3.82. The summed E-state index contributed by atoms with van der Waals surface area (Å²) in [6.45, 7) is 4.10. The second-order valence-corrected chi connectivity index (χ2v) is 5.73. The van der Waals surface area contributed by atoms with Gasteiger partial charge in [0, 0.05) is 31.4 Å². The number of rotatable bonds is 2. The minimum Gasteiger partial charge on any atom is -0.353 e. The van der Waals surface area contributed by atoms with Gasteiger partial charge >= 0.3 is 0 Å². The zero-order valence-electron chi connectivity index (χ0n) is 11.6. The van der Waals surface area contributed by atoms with Crippen molar-refractivity contribution in [3.63, 3.8) is 0 Å². The van der Waals surface area contributed by atoms with Crippen LogP contribution in [0.3, 0.4) is 0 Å². The van der Waals surface area contributed by atoms with Crippen molar-refractivity contribution >= 4 is 17.4 Å². The molecule has 1 saturated heterocycles.